The van der Waals surface area contributed by atoms with Crippen LogP contribution in [-0.4, -0.2) is 32.5 Å². The molecule has 1 N–H and O–H groups in total. The second kappa shape index (κ2) is 5.56. The fourth-order valence-corrected chi connectivity index (χ4v) is 3.94. The van der Waals surface area contributed by atoms with Crippen molar-refractivity contribution in [3.63, 3.8) is 0 Å². The van der Waals surface area contributed by atoms with Crippen LogP contribution in [0.5, 0.6) is 0 Å². The maximum Gasteiger partial charge on any atom is 0.416 e. The number of fused-ring (bicyclic) bond motifs is 3. The molecular formula is C16H12F3N5OS. The smallest absolute Gasteiger partial charge is 0.354 e. The topological polar surface area (TPSA) is 64.7 Å². The Bertz CT molecular complexity index is 1140. The van der Waals surface area contributed by atoms with E-state index < -0.39 is 11.7 Å². The number of nitrogens with zero attached hydrogens (tertiary/aromatic N) is 4. The number of rotatable bonds is 2. The summed E-state index contributed by atoms with van der Waals surface area (Å²) in [5, 5.41) is 11.9. The highest BCUT2D eigenvalue weighted by atomic mass is 32.1. The molecule has 3 heterocycles. The Balaban J connectivity index is 1.97. The van der Waals surface area contributed by atoms with Gasteiger partial charge in [0.15, 0.2) is 5.65 Å². The van der Waals surface area contributed by atoms with Crippen LogP contribution in [0.4, 0.5) is 13.2 Å². The number of benzene rings is 1. The summed E-state index contributed by atoms with van der Waals surface area (Å²) in [5.41, 5.74) is 0.909. The third-order valence-corrected chi connectivity index (χ3v) is 5.10. The minimum Gasteiger partial charge on any atom is -0.354 e. The number of carbonyl (C=O) groups is 1. The Morgan fingerprint density at radius 2 is 1.88 bits per heavy atom. The molecule has 0 radical (unpaired) electrons. The van der Waals surface area contributed by atoms with Gasteiger partial charge in [0.1, 0.15) is 10.3 Å². The number of carbonyl (C=O) groups excluding carboxylic acids is 1. The molecule has 10 heteroatoms. The van der Waals surface area contributed by atoms with Crippen molar-refractivity contribution in [1.82, 2.24) is 24.9 Å². The zero-order valence-electron chi connectivity index (χ0n) is 13.6. The fraction of sp³-hybridized carbons (Fsp3) is 0.188. The van der Waals surface area contributed by atoms with E-state index in [9.17, 15) is 18.0 Å². The second-order valence-corrected chi connectivity index (χ2v) is 6.68. The summed E-state index contributed by atoms with van der Waals surface area (Å²) in [6.45, 7) is 0. The van der Waals surface area contributed by atoms with Crippen LogP contribution in [0.15, 0.2) is 30.3 Å². The average Bonchev–Trinajstić information content (AvgIpc) is 3.23. The number of aromatic nitrogens is 4. The van der Waals surface area contributed by atoms with Crippen LogP contribution in [0.25, 0.3) is 27.1 Å². The molecule has 0 atom stereocenters. The van der Waals surface area contributed by atoms with Crippen molar-refractivity contribution in [2.45, 2.75) is 6.18 Å². The molecule has 0 aliphatic rings. The minimum absolute atomic E-state index is 0.234. The Morgan fingerprint density at radius 3 is 2.50 bits per heavy atom. The number of amides is 1. The first-order valence-electron chi connectivity index (χ1n) is 7.54. The lowest BCUT2D eigenvalue weighted by Gasteiger charge is -2.09. The monoisotopic (exact) mass is 379 g/mol. The van der Waals surface area contributed by atoms with Gasteiger partial charge in [-0.15, -0.1) is 16.4 Å². The molecule has 1 amide bonds. The van der Waals surface area contributed by atoms with E-state index in [0.29, 0.717) is 26.6 Å². The van der Waals surface area contributed by atoms with Gasteiger partial charge in [0.25, 0.3) is 5.91 Å². The van der Waals surface area contributed by atoms with Crippen LogP contribution in [0.3, 0.4) is 0 Å². The van der Waals surface area contributed by atoms with Gasteiger partial charge in [-0.2, -0.15) is 23.1 Å². The third kappa shape index (κ3) is 2.45. The van der Waals surface area contributed by atoms with Crippen LogP contribution in [0.2, 0.25) is 0 Å². The van der Waals surface area contributed by atoms with E-state index in [1.165, 1.54) is 35.3 Å². The van der Waals surface area contributed by atoms with Crippen LogP contribution >= 0.6 is 11.3 Å². The quantitative estimate of drug-likeness (QED) is 0.581. The SMILES string of the molecule is CNC(=O)c1cc2c3nn(C)nc3n(-c3ccc(C(F)(F)F)cc3)c2s1. The van der Waals surface area contributed by atoms with Gasteiger partial charge < -0.3 is 5.32 Å². The molecule has 4 rings (SSSR count). The number of aryl methyl sites for hydroxylation is 1. The molecular weight excluding hydrogens is 367 g/mol. The van der Waals surface area contributed by atoms with E-state index in [1.807, 2.05) is 0 Å². The number of alkyl halides is 3. The molecule has 0 saturated carbocycles. The van der Waals surface area contributed by atoms with Crippen molar-refractivity contribution in [2.75, 3.05) is 7.05 Å². The van der Waals surface area contributed by atoms with Crippen LogP contribution in [0, 0.1) is 0 Å². The summed E-state index contributed by atoms with van der Waals surface area (Å²) in [6, 6.07) is 6.54. The molecule has 134 valence electrons. The lowest BCUT2D eigenvalue weighted by molar-refractivity contribution is -0.137. The van der Waals surface area contributed by atoms with Gasteiger partial charge >= 0.3 is 6.18 Å². The van der Waals surface area contributed by atoms with E-state index in [-0.39, 0.29) is 5.91 Å². The van der Waals surface area contributed by atoms with Crippen LogP contribution in [-0.2, 0) is 13.2 Å². The molecule has 3 aromatic heterocycles. The van der Waals surface area contributed by atoms with Crippen LogP contribution in [0.1, 0.15) is 15.2 Å². The van der Waals surface area contributed by atoms with Crippen molar-refractivity contribution < 1.29 is 18.0 Å². The third-order valence-electron chi connectivity index (χ3n) is 3.98. The van der Waals surface area contributed by atoms with Crippen molar-refractivity contribution >= 4 is 38.6 Å². The predicted molar refractivity (Wildman–Crippen MR) is 91.6 cm³/mol. The number of hydrogen-bond acceptors (Lipinski definition) is 4. The second-order valence-electron chi connectivity index (χ2n) is 5.65. The van der Waals surface area contributed by atoms with Crippen molar-refractivity contribution in [3.05, 3.63) is 40.8 Å². The fourth-order valence-electron chi connectivity index (χ4n) is 2.81. The van der Waals surface area contributed by atoms with Crippen molar-refractivity contribution in [3.8, 4) is 5.69 Å². The summed E-state index contributed by atoms with van der Waals surface area (Å²) in [6.07, 6.45) is -4.40. The average molecular weight is 379 g/mol. The van der Waals surface area contributed by atoms with Gasteiger partial charge in [0.05, 0.1) is 10.4 Å². The van der Waals surface area contributed by atoms with E-state index in [4.69, 9.17) is 0 Å². The molecule has 0 aliphatic heterocycles. The number of nitrogens with one attached hydrogen (secondary N) is 1. The molecule has 0 fully saturated rings. The van der Waals surface area contributed by atoms with E-state index in [0.717, 1.165) is 17.5 Å². The molecule has 0 spiro atoms. The largest absolute Gasteiger partial charge is 0.416 e. The molecule has 0 aliphatic carbocycles. The standard InChI is InChI=1S/C16H12F3N5OS/c1-20-14(25)11-7-10-12-13(22-23(2)21-12)24(15(10)26-11)9-5-3-8(4-6-9)16(17,18)19/h3-7H,1-2H3,(H,20,25). The summed E-state index contributed by atoms with van der Waals surface area (Å²) >= 11 is 1.24. The van der Waals surface area contributed by atoms with E-state index in [2.05, 4.69) is 15.5 Å². The number of hydrogen-bond donors (Lipinski definition) is 1. The van der Waals surface area contributed by atoms with Crippen LogP contribution < -0.4 is 5.32 Å². The van der Waals surface area contributed by atoms with Gasteiger partial charge in [-0.1, -0.05) is 0 Å². The lowest BCUT2D eigenvalue weighted by atomic mass is 10.2. The normalized spacial score (nSPS) is 12.2. The first kappa shape index (κ1) is 16.6. The zero-order valence-corrected chi connectivity index (χ0v) is 14.4. The molecule has 26 heavy (non-hydrogen) atoms. The minimum atomic E-state index is -4.40. The van der Waals surface area contributed by atoms with Crippen molar-refractivity contribution in [1.29, 1.82) is 0 Å². The molecule has 0 unspecified atom stereocenters. The summed E-state index contributed by atoms with van der Waals surface area (Å²) in [4.78, 5) is 14.5. The Labute approximate surface area is 148 Å². The first-order valence-corrected chi connectivity index (χ1v) is 8.36. The van der Waals surface area contributed by atoms with Gasteiger partial charge in [-0.3, -0.25) is 9.36 Å². The van der Waals surface area contributed by atoms with Gasteiger partial charge in [-0.25, -0.2) is 0 Å². The Morgan fingerprint density at radius 1 is 1.19 bits per heavy atom. The van der Waals surface area contributed by atoms with E-state index in [1.54, 1.807) is 17.7 Å². The highest BCUT2D eigenvalue weighted by molar-refractivity contribution is 7.20. The summed E-state index contributed by atoms with van der Waals surface area (Å²) in [5.74, 6) is -0.234. The maximum absolute atomic E-state index is 12.8. The Kier molecular flexibility index (Phi) is 3.55. The molecule has 6 nitrogen and oxygen atoms in total. The van der Waals surface area contributed by atoms with Gasteiger partial charge in [-0.05, 0) is 30.3 Å². The number of halogens is 3. The highest BCUT2D eigenvalue weighted by Gasteiger charge is 2.30. The lowest BCUT2D eigenvalue weighted by Crippen LogP contribution is -2.16. The summed E-state index contributed by atoms with van der Waals surface area (Å²) < 4.78 is 40.2. The molecule has 0 saturated heterocycles. The maximum atomic E-state index is 12.8. The van der Waals surface area contributed by atoms with E-state index >= 15 is 0 Å². The molecule has 1 aromatic carbocycles. The number of thiophene rings is 1. The van der Waals surface area contributed by atoms with Crippen molar-refractivity contribution in [2.24, 2.45) is 7.05 Å². The predicted octanol–water partition coefficient (Wildman–Crippen LogP) is 3.35. The van der Waals surface area contributed by atoms with Gasteiger partial charge in [0, 0.05) is 25.2 Å². The highest BCUT2D eigenvalue weighted by Crippen LogP contribution is 2.36. The summed E-state index contributed by atoms with van der Waals surface area (Å²) in [7, 11) is 3.20. The molecule has 4 aromatic rings. The molecule has 0 bridgehead atoms. The Hall–Kier alpha value is -2.88. The first-order chi connectivity index (χ1) is 12.3. The van der Waals surface area contributed by atoms with Gasteiger partial charge in [0.2, 0.25) is 0 Å². The zero-order chi connectivity index (χ0) is 18.6.